The Balaban J connectivity index is 2.52. The molecule has 0 aromatic carbocycles. The molecule has 150 valence electrons. The van der Waals surface area contributed by atoms with Crippen LogP contribution in [-0.2, 0) is 33.1 Å². The summed E-state index contributed by atoms with van der Waals surface area (Å²) in [5.74, 6) is -2.18. The summed E-state index contributed by atoms with van der Waals surface area (Å²) in [5, 5.41) is 13.7. The molecule has 12 heteroatoms. The fourth-order valence-electron chi connectivity index (χ4n) is 1.96. The molecule has 0 aromatic rings. The van der Waals surface area contributed by atoms with Crippen molar-refractivity contribution in [3.8, 4) is 0 Å². The number of rotatable bonds is 10. The molecule has 3 atom stereocenters. The van der Waals surface area contributed by atoms with Gasteiger partial charge in [-0.3, -0.25) is 9.59 Å². The van der Waals surface area contributed by atoms with E-state index in [1.54, 1.807) is 6.92 Å². The Morgan fingerprint density at radius 2 is 1.81 bits per heavy atom. The molecule has 0 aliphatic carbocycles. The molecule has 0 aromatic heterocycles. The minimum absolute atomic E-state index is 0.0968. The zero-order chi connectivity index (χ0) is 19.9. The van der Waals surface area contributed by atoms with Crippen molar-refractivity contribution in [3.63, 3.8) is 0 Å². The van der Waals surface area contributed by atoms with Gasteiger partial charge in [-0.05, 0) is 18.8 Å². The van der Waals surface area contributed by atoms with E-state index in [1.165, 1.54) is 0 Å². The number of carboxylic acids is 1. The van der Waals surface area contributed by atoms with Gasteiger partial charge in [0, 0.05) is 6.54 Å². The van der Waals surface area contributed by atoms with Gasteiger partial charge in [-0.2, -0.15) is 8.42 Å². The zero-order valence-electron chi connectivity index (χ0n) is 14.8. The van der Waals surface area contributed by atoms with Gasteiger partial charge in [-0.25, -0.2) is 13.2 Å². The number of aliphatic carboxylic acids is 1. The van der Waals surface area contributed by atoms with E-state index >= 15 is 0 Å². The lowest BCUT2D eigenvalue weighted by Gasteiger charge is -2.19. The molecule has 0 radical (unpaired) electrons. The van der Waals surface area contributed by atoms with E-state index in [0.717, 1.165) is 18.2 Å². The summed E-state index contributed by atoms with van der Waals surface area (Å²) in [4.78, 5) is 34.9. The van der Waals surface area contributed by atoms with E-state index in [2.05, 4.69) is 19.0 Å². The van der Waals surface area contributed by atoms with Gasteiger partial charge >= 0.3 is 16.4 Å². The van der Waals surface area contributed by atoms with Gasteiger partial charge < -0.3 is 15.7 Å². The Hall–Kier alpha value is -1.37. The van der Waals surface area contributed by atoms with Crippen LogP contribution in [-0.4, -0.2) is 61.2 Å². The number of carboxylic acid groups (broad SMARTS) is 1. The van der Waals surface area contributed by atoms with Gasteiger partial charge in [-0.15, -0.1) is 11.8 Å². The monoisotopic (exact) mass is 412 g/mol. The van der Waals surface area contributed by atoms with Crippen LogP contribution in [0.2, 0.25) is 0 Å². The van der Waals surface area contributed by atoms with Gasteiger partial charge in [0.1, 0.15) is 0 Å². The molecule has 0 spiro atoms. The number of carbonyl (C=O) groups is 3. The summed E-state index contributed by atoms with van der Waals surface area (Å²) in [6.07, 6.45) is -2.46. The topological polar surface area (TPSA) is 148 Å². The number of hydrogen-bond donors (Lipinski definition) is 3. The van der Waals surface area contributed by atoms with Crippen LogP contribution in [0.25, 0.3) is 0 Å². The molecule has 26 heavy (non-hydrogen) atoms. The van der Waals surface area contributed by atoms with Gasteiger partial charge in [0.15, 0.2) is 6.10 Å². The minimum Gasteiger partial charge on any atom is -0.479 e. The van der Waals surface area contributed by atoms with Crippen molar-refractivity contribution >= 4 is 39.9 Å². The van der Waals surface area contributed by atoms with E-state index in [1.807, 2.05) is 13.8 Å². The molecule has 10 nitrogen and oxygen atoms in total. The molecule has 3 N–H and O–H groups in total. The third-order valence-electron chi connectivity index (χ3n) is 3.35. The SMILES string of the molecule is CC[C@@H](NC(=O)[C@H]1OS(=O)(=O)O[C@@H]1C(=O)O)SCC(=O)NCCC(C)C. The van der Waals surface area contributed by atoms with Crippen LogP contribution in [0.3, 0.4) is 0 Å². The van der Waals surface area contributed by atoms with Crippen molar-refractivity contribution < 1.29 is 36.3 Å². The quantitative estimate of drug-likeness (QED) is 0.416. The van der Waals surface area contributed by atoms with E-state index in [9.17, 15) is 22.8 Å². The number of hydrogen-bond acceptors (Lipinski definition) is 8. The number of amides is 2. The van der Waals surface area contributed by atoms with Crippen molar-refractivity contribution in [2.45, 2.75) is 51.2 Å². The molecule has 1 fully saturated rings. The molecule has 1 saturated heterocycles. The maximum Gasteiger partial charge on any atom is 0.401 e. The maximum absolute atomic E-state index is 12.2. The largest absolute Gasteiger partial charge is 0.479 e. The number of nitrogens with one attached hydrogen (secondary N) is 2. The van der Waals surface area contributed by atoms with Crippen LogP contribution < -0.4 is 10.6 Å². The average molecular weight is 412 g/mol. The molecule has 1 rings (SSSR count). The van der Waals surface area contributed by atoms with Gasteiger partial charge in [0.2, 0.25) is 12.0 Å². The highest BCUT2D eigenvalue weighted by Crippen LogP contribution is 2.22. The Morgan fingerprint density at radius 3 is 2.35 bits per heavy atom. The Labute approximate surface area is 156 Å². The smallest absolute Gasteiger partial charge is 0.401 e. The Bertz CT molecular complexity index is 622. The first-order chi connectivity index (χ1) is 12.1. The van der Waals surface area contributed by atoms with Gasteiger partial charge in [-0.1, -0.05) is 20.8 Å². The van der Waals surface area contributed by atoms with Crippen LogP contribution >= 0.6 is 11.8 Å². The normalized spacial score (nSPS) is 22.8. The highest BCUT2D eigenvalue weighted by atomic mass is 32.3. The van der Waals surface area contributed by atoms with E-state index in [0.29, 0.717) is 18.9 Å². The zero-order valence-corrected chi connectivity index (χ0v) is 16.4. The molecule has 2 amide bonds. The lowest BCUT2D eigenvalue weighted by molar-refractivity contribution is -0.149. The Morgan fingerprint density at radius 1 is 1.19 bits per heavy atom. The number of carbonyl (C=O) groups excluding carboxylic acids is 2. The van der Waals surface area contributed by atoms with Gasteiger partial charge in [0.25, 0.3) is 5.91 Å². The van der Waals surface area contributed by atoms with Crippen molar-refractivity contribution in [3.05, 3.63) is 0 Å². The summed E-state index contributed by atoms with van der Waals surface area (Å²) in [7, 11) is -4.53. The Kier molecular flexibility index (Phi) is 8.80. The second kappa shape index (κ2) is 10.1. The van der Waals surface area contributed by atoms with Crippen LogP contribution in [0.4, 0.5) is 0 Å². The number of thioether (sulfide) groups is 1. The summed E-state index contributed by atoms with van der Waals surface area (Å²) in [6, 6.07) is 0. The lowest BCUT2D eigenvalue weighted by Crippen LogP contribution is -2.46. The second-order valence-electron chi connectivity index (χ2n) is 6.03. The summed E-state index contributed by atoms with van der Waals surface area (Å²) in [6.45, 7) is 6.41. The second-order valence-corrected chi connectivity index (χ2v) is 8.42. The molecule has 0 unspecified atom stereocenters. The highest BCUT2D eigenvalue weighted by molar-refractivity contribution is 8.00. The van der Waals surface area contributed by atoms with E-state index < -0.39 is 39.9 Å². The predicted octanol–water partition coefficient (Wildman–Crippen LogP) is -0.152. The van der Waals surface area contributed by atoms with Crippen molar-refractivity contribution in [2.75, 3.05) is 12.3 Å². The summed E-state index contributed by atoms with van der Waals surface area (Å²) in [5.41, 5.74) is 0. The van der Waals surface area contributed by atoms with E-state index in [4.69, 9.17) is 5.11 Å². The standard InChI is InChI=1S/C14H24N2O8S2/c1-4-10(25-7-9(17)15-6-5-8(2)3)16-13(18)11-12(14(19)20)24-26(21,22)23-11/h8,10-12H,4-7H2,1-3H3,(H,15,17)(H,16,18)(H,19,20)/t10-,11-,12-/m0/s1. The lowest BCUT2D eigenvalue weighted by atomic mass is 10.1. The van der Waals surface area contributed by atoms with Crippen LogP contribution in [0.15, 0.2) is 0 Å². The first-order valence-electron chi connectivity index (χ1n) is 8.08. The molecule has 1 heterocycles. The predicted molar refractivity (Wildman–Crippen MR) is 93.4 cm³/mol. The van der Waals surface area contributed by atoms with Gasteiger partial charge in [0.05, 0.1) is 11.1 Å². The van der Waals surface area contributed by atoms with Crippen molar-refractivity contribution in [1.29, 1.82) is 0 Å². The fourth-order valence-corrected chi connectivity index (χ4v) is 3.77. The van der Waals surface area contributed by atoms with Crippen molar-refractivity contribution in [1.82, 2.24) is 10.6 Å². The minimum atomic E-state index is -4.53. The average Bonchev–Trinajstić information content (AvgIpc) is 2.87. The molecule has 0 bridgehead atoms. The third-order valence-corrected chi connectivity index (χ3v) is 5.52. The third kappa shape index (κ3) is 7.48. The van der Waals surface area contributed by atoms with Crippen LogP contribution in [0.1, 0.15) is 33.6 Å². The van der Waals surface area contributed by atoms with E-state index in [-0.39, 0.29) is 11.7 Å². The molecule has 0 saturated carbocycles. The molecular weight excluding hydrogens is 388 g/mol. The fraction of sp³-hybridized carbons (Fsp3) is 0.786. The van der Waals surface area contributed by atoms with Crippen molar-refractivity contribution in [2.24, 2.45) is 5.92 Å². The summed E-state index contributed by atoms with van der Waals surface area (Å²) < 4.78 is 31.1. The summed E-state index contributed by atoms with van der Waals surface area (Å²) >= 11 is 1.15. The van der Waals surface area contributed by atoms with Crippen LogP contribution in [0.5, 0.6) is 0 Å². The first kappa shape index (κ1) is 22.7. The maximum atomic E-state index is 12.2. The first-order valence-corrected chi connectivity index (χ1v) is 10.5. The highest BCUT2D eigenvalue weighted by Gasteiger charge is 2.49. The molecule has 1 aliphatic heterocycles. The van der Waals surface area contributed by atoms with Crippen LogP contribution in [0, 0.1) is 5.92 Å². The molecule has 1 aliphatic rings. The molecular formula is C14H24N2O8S2.